The zero-order valence-electron chi connectivity index (χ0n) is 20.6. The van der Waals surface area contributed by atoms with E-state index in [1.54, 1.807) is 37.4 Å². The molecule has 1 aliphatic heterocycles. The first-order valence-electron chi connectivity index (χ1n) is 11.8. The van der Waals surface area contributed by atoms with Gasteiger partial charge in [0, 0.05) is 25.8 Å². The van der Waals surface area contributed by atoms with Gasteiger partial charge in [-0.1, -0.05) is 36.4 Å². The van der Waals surface area contributed by atoms with E-state index in [-0.39, 0.29) is 12.4 Å². The van der Waals surface area contributed by atoms with Gasteiger partial charge in [-0.05, 0) is 47.9 Å². The first kappa shape index (κ1) is 28.3. The molecule has 1 aliphatic rings. The van der Waals surface area contributed by atoms with E-state index >= 15 is 0 Å². The molecule has 3 aromatic rings. The monoisotopic (exact) mass is 559 g/mol. The molecule has 4 rings (SSSR count). The predicted molar refractivity (Wildman–Crippen MR) is 129 cm³/mol. The predicted octanol–water partition coefficient (Wildman–Crippen LogP) is 7.47. The number of rotatable bonds is 10. The molecule has 0 aromatic heterocycles. The second-order valence-electron chi connectivity index (χ2n) is 8.63. The SMILES string of the molecule is COCCCN1c2cccc(-c3cccc(OC(F)(F)F)c3)c2OCC1c1cccc(OC(F)(F)C(F)F)c1. The number of hydrogen-bond acceptors (Lipinski definition) is 5. The molecule has 12 heteroatoms. The van der Waals surface area contributed by atoms with Crippen LogP contribution in [0.5, 0.6) is 17.2 Å². The number of nitrogens with zero attached hydrogens (tertiary/aromatic N) is 1. The van der Waals surface area contributed by atoms with Crippen molar-refractivity contribution < 1.29 is 49.7 Å². The standard InChI is InChI=1S/C27H24F7NO4/c1-36-13-5-12-35-22-11-4-10-21(17-6-2-9-20(14-17)39-27(32,33)34)24(22)37-16-23(35)18-7-3-8-19(15-18)38-26(30,31)25(28)29/h2-4,6-11,14-15,23,25H,5,12-13,16H2,1H3. The average molecular weight is 559 g/mol. The largest absolute Gasteiger partial charge is 0.573 e. The molecule has 0 saturated heterocycles. The first-order valence-corrected chi connectivity index (χ1v) is 11.8. The third-order valence-electron chi connectivity index (χ3n) is 5.94. The number of halogens is 7. The molecule has 0 fully saturated rings. The van der Waals surface area contributed by atoms with E-state index in [0.717, 1.165) is 6.07 Å². The quantitative estimate of drug-likeness (QED) is 0.191. The van der Waals surface area contributed by atoms with E-state index in [9.17, 15) is 30.7 Å². The lowest BCUT2D eigenvalue weighted by Crippen LogP contribution is -2.38. The maximum atomic E-state index is 13.5. The number of benzene rings is 3. The van der Waals surface area contributed by atoms with Crippen LogP contribution in [0.1, 0.15) is 18.0 Å². The lowest BCUT2D eigenvalue weighted by molar-refractivity contribution is -0.274. The van der Waals surface area contributed by atoms with E-state index in [1.165, 1.54) is 30.3 Å². The van der Waals surface area contributed by atoms with E-state index in [0.29, 0.717) is 47.7 Å². The van der Waals surface area contributed by atoms with Crippen molar-refractivity contribution in [2.45, 2.75) is 31.4 Å². The Labute approximate surface area is 219 Å². The second kappa shape index (κ2) is 11.6. The van der Waals surface area contributed by atoms with Gasteiger partial charge in [-0.15, -0.1) is 13.2 Å². The molecule has 0 spiro atoms. The van der Waals surface area contributed by atoms with Crippen LogP contribution in [0.25, 0.3) is 11.1 Å². The summed E-state index contributed by atoms with van der Waals surface area (Å²) < 4.78 is 110. The highest BCUT2D eigenvalue weighted by atomic mass is 19.4. The van der Waals surface area contributed by atoms with Gasteiger partial charge in [0.25, 0.3) is 0 Å². The van der Waals surface area contributed by atoms with Gasteiger partial charge < -0.3 is 23.8 Å². The zero-order valence-corrected chi connectivity index (χ0v) is 20.6. The number of fused-ring (bicyclic) bond motifs is 1. The van der Waals surface area contributed by atoms with Crippen LogP contribution in [0.2, 0.25) is 0 Å². The van der Waals surface area contributed by atoms with Crippen molar-refractivity contribution in [1.29, 1.82) is 0 Å². The van der Waals surface area contributed by atoms with Gasteiger partial charge in [-0.2, -0.15) is 17.6 Å². The first-order chi connectivity index (χ1) is 18.5. The van der Waals surface area contributed by atoms with Crippen molar-refractivity contribution in [3.05, 3.63) is 72.3 Å². The molecule has 0 saturated carbocycles. The summed E-state index contributed by atoms with van der Waals surface area (Å²) in [5.74, 6) is -0.414. The molecule has 3 aromatic carbocycles. The molecular formula is C27H24F7NO4. The highest BCUT2D eigenvalue weighted by Crippen LogP contribution is 2.46. The molecule has 0 aliphatic carbocycles. The Bertz CT molecular complexity index is 1270. The Morgan fingerprint density at radius 2 is 1.62 bits per heavy atom. The third-order valence-corrected chi connectivity index (χ3v) is 5.94. The normalized spacial score (nSPS) is 15.6. The molecule has 0 N–H and O–H groups in total. The minimum absolute atomic E-state index is 0.0322. The summed E-state index contributed by atoms with van der Waals surface area (Å²) in [6.45, 7) is 0.887. The van der Waals surface area contributed by atoms with E-state index in [1.807, 2.05) is 4.90 Å². The summed E-state index contributed by atoms with van der Waals surface area (Å²) in [6, 6.07) is 15.6. The van der Waals surface area contributed by atoms with Crippen LogP contribution < -0.4 is 19.1 Å². The second-order valence-corrected chi connectivity index (χ2v) is 8.63. The average Bonchev–Trinajstić information content (AvgIpc) is 2.87. The fourth-order valence-corrected chi connectivity index (χ4v) is 4.33. The Kier molecular flexibility index (Phi) is 8.43. The Balaban J connectivity index is 1.70. The summed E-state index contributed by atoms with van der Waals surface area (Å²) in [6.07, 6.45) is -12.9. The molecule has 210 valence electrons. The number of methoxy groups -OCH3 is 1. The van der Waals surface area contributed by atoms with Crippen molar-refractivity contribution in [3.63, 3.8) is 0 Å². The van der Waals surface area contributed by atoms with Crippen molar-refractivity contribution in [2.24, 2.45) is 0 Å². The molecule has 1 heterocycles. The lowest BCUT2D eigenvalue weighted by Gasteiger charge is -2.40. The number of para-hydroxylation sites is 1. The van der Waals surface area contributed by atoms with E-state index in [4.69, 9.17) is 9.47 Å². The minimum Gasteiger partial charge on any atom is -0.488 e. The number of hydrogen-bond donors (Lipinski definition) is 0. The maximum absolute atomic E-state index is 13.5. The van der Waals surface area contributed by atoms with Crippen LogP contribution in [0.15, 0.2) is 66.7 Å². The minimum atomic E-state index is -4.85. The highest BCUT2D eigenvalue weighted by molar-refractivity contribution is 5.80. The van der Waals surface area contributed by atoms with Crippen LogP contribution >= 0.6 is 0 Å². The van der Waals surface area contributed by atoms with E-state index in [2.05, 4.69) is 9.47 Å². The van der Waals surface area contributed by atoms with Crippen molar-refractivity contribution >= 4 is 5.69 Å². The summed E-state index contributed by atoms with van der Waals surface area (Å²) >= 11 is 0. The molecule has 0 amide bonds. The van der Waals surface area contributed by atoms with Crippen molar-refractivity contribution in [3.8, 4) is 28.4 Å². The molecule has 1 unspecified atom stereocenters. The summed E-state index contributed by atoms with van der Waals surface area (Å²) in [5.41, 5.74) is 2.02. The fourth-order valence-electron chi connectivity index (χ4n) is 4.33. The third kappa shape index (κ3) is 6.86. The van der Waals surface area contributed by atoms with Crippen molar-refractivity contribution in [2.75, 3.05) is 31.8 Å². The summed E-state index contributed by atoms with van der Waals surface area (Å²) in [4.78, 5) is 1.95. The fraction of sp³-hybridized carbons (Fsp3) is 0.333. The number of alkyl halides is 7. The van der Waals surface area contributed by atoms with Crippen LogP contribution in [0, 0.1) is 0 Å². The Morgan fingerprint density at radius 3 is 2.31 bits per heavy atom. The number of anilines is 1. The van der Waals surface area contributed by atoms with Crippen molar-refractivity contribution in [1.82, 2.24) is 0 Å². The molecule has 5 nitrogen and oxygen atoms in total. The maximum Gasteiger partial charge on any atom is 0.573 e. The molecule has 0 bridgehead atoms. The lowest BCUT2D eigenvalue weighted by atomic mass is 9.98. The summed E-state index contributed by atoms with van der Waals surface area (Å²) in [7, 11) is 1.54. The Hall–Kier alpha value is -3.67. The van der Waals surface area contributed by atoms with Crippen LogP contribution in [0.3, 0.4) is 0 Å². The highest BCUT2D eigenvalue weighted by Gasteiger charge is 2.44. The molecular weight excluding hydrogens is 535 g/mol. The van der Waals surface area contributed by atoms with Gasteiger partial charge >= 0.3 is 18.9 Å². The smallest absolute Gasteiger partial charge is 0.488 e. The van der Waals surface area contributed by atoms with Gasteiger partial charge in [0.2, 0.25) is 0 Å². The van der Waals surface area contributed by atoms with Gasteiger partial charge in [0.1, 0.15) is 18.1 Å². The Morgan fingerprint density at radius 1 is 0.923 bits per heavy atom. The number of ether oxygens (including phenoxy) is 4. The zero-order chi connectivity index (χ0) is 28.2. The molecule has 1 atom stereocenters. The van der Waals surface area contributed by atoms with E-state index < -0.39 is 30.7 Å². The van der Waals surface area contributed by atoms with Gasteiger partial charge in [0.15, 0.2) is 5.75 Å². The van der Waals surface area contributed by atoms with Crippen LogP contribution in [-0.4, -0.2) is 45.8 Å². The van der Waals surface area contributed by atoms with Crippen LogP contribution in [0.4, 0.5) is 36.4 Å². The van der Waals surface area contributed by atoms with Gasteiger partial charge in [0.05, 0.1) is 11.7 Å². The van der Waals surface area contributed by atoms with Crippen LogP contribution in [-0.2, 0) is 4.74 Å². The van der Waals surface area contributed by atoms with Gasteiger partial charge in [-0.3, -0.25) is 0 Å². The topological polar surface area (TPSA) is 40.2 Å². The molecule has 0 radical (unpaired) electrons. The molecule has 39 heavy (non-hydrogen) atoms. The van der Waals surface area contributed by atoms with Gasteiger partial charge in [-0.25, -0.2) is 0 Å². The summed E-state index contributed by atoms with van der Waals surface area (Å²) in [5, 5.41) is 0.